The van der Waals surface area contributed by atoms with E-state index in [1.54, 1.807) is 14.2 Å². The molecule has 1 amide bonds. The van der Waals surface area contributed by atoms with E-state index in [9.17, 15) is 4.79 Å². The molecule has 2 aromatic rings. The Hall–Kier alpha value is -2.49. The van der Waals surface area contributed by atoms with Gasteiger partial charge in [-0.15, -0.1) is 0 Å². The molecule has 4 heteroatoms. The van der Waals surface area contributed by atoms with E-state index in [0.29, 0.717) is 12.8 Å². The van der Waals surface area contributed by atoms with E-state index in [1.165, 1.54) is 0 Å². The zero-order valence-electron chi connectivity index (χ0n) is 14.8. The molecule has 0 radical (unpaired) electrons. The standard InChI is InChI=1S/C20H25NO3/c1-14-9-11-19(24-4)17(13-14)15(2)21-20(22)12-10-16-7-5-6-8-18(16)23-3/h5-9,11,13,15H,10,12H2,1-4H3,(H,21,22)/t15-/m1/s1. The maximum atomic E-state index is 12.3. The van der Waals surface area contributed by atoms with Gasteiger partial charge in [0.2, 0.25) is 5.91 Å². The third-order valence-electron chi connectivity index (χ3n) is 4.04. The summed E-state index contributed by atoms with van der Waals surface area (Å²) in [5.74, 6) is 1.62. The highest BCUT2D eigenvalue weighted by Crippen LogP contribution is 2.26. The zero-order valence-corrected chi connectivity index (χ0v) is 14.8. The van der Waals surface area contributed by atoms with Gasteiger partial charge in [-0.05, 0) is 38.0 Å². The van der Waals surface area contributed by atoms with Crippen LogP contribution in [0.1, 0.15) is 36.1 Å². The SMILES string of the molecule is COc1ccccc1CCC(=O)N[C@H](C)c1cc(C)ccc1OC. The fraction of sp³-hybridized carbons (Fsp3) is 0.350. The van der Waals surface area contributed by atoms with Crippen LogP contribution in [0.2, 0.25) is 0 Å². The van der Waals surface area contributed by atoms with Crippen molar-refractivity contribution in [1.82, 2.24) is 5.32 Å². The molecular weight excluding hydrogens is 302 g/mol. The highest BCUT2D eigenvalue weighted by atomic mass is 16.5. The Morgan fingerprint density at radius 3 is 2.50 bits per heavy atom. The molecule has 0 saturated heterocycles. The summed E-state index contributed by atoms with van der Waals surface area (Å²) in [7, 11) is 3.29. The third kappa shape index (κ3) is 4.51. The molecule has 0 aliphatic rings. The quantitative estimate of drug-likeness (QED) is 0.841. The molecule has 0 aliphatic carbocycles. The van der Waals surface area contributed by atoms with Gasteiger partial charge in [-0.2, -0.15) is 0 Å². The Morgan fingerprint density at radius 2 is 1.79 bits per heavy atom. The third-order valence-corrected chi connectivity index (χ3v) is 4.04. The van der Waals surface area contributed by atoms with Crippen LogP contribution in [-0.4, -0.2) is 20.1 Å². The fourth-order valence-corrected chi connectivity index (χ4v) is 2.74. The number of nitrogens with one attached hydrogen (secondary N) is 1. The van der Waals surface area contributed by atoms with E-state index >= 15 is 0 Å². The number of rotatable bonds is 7. The minimum atomic E-state index is -0.106. The second-order valence-corrected chi connectivity index (χ2v) is 5.85. The first-order valence-electron chi connectivity index (χ1n) is 8.11. The summed E-state index contributed by atoms with van der Waals surface area (Å²) in [4.78, 5) is 12.3. The highest BCUT2D eigenvalue weighted by molar-refractivity contribution is 5.77. The van der Waals surface area contributed by atoms with Crippen molar-refractivity contribution < 1.29 is 14.3 Å². The summed E-state index contributed by atoms with van der Waals surface area (Å²) in [6, 6.07) is 13.6. The maximum Gasteiger partial charge on any atom is 0.220 e. The van der Waals surface area contributed by atoms with Crippen LogP contribution < -0.4 is 14.8 Å². The van der Waals surface area contributed by atoms with Gasteiger partial charge in [0.05, 0.1) is 20.3 Å². The second-order valence-electron chi connectivity index (χ2n) is 5.85. The van der Waals surface area contributed by atoms with Crippen LogP contribution in [0.5, 0.6) is 11.5 Å². The van der Waals surface area contributed by atoms with E-state index in [2.05, 4.69) is 5.32 Å². The van der Waals surface area contributed by atoms with Crippen molar-refractivity contribution in [1.29, 1.82) is 0 Å². The zero-order chi connectivity index (χ0) is 17.5. The number of ether oxygens (including phenoxy) is 2. The molecule has 1 N–H and O–H groups in total. The number of para-hydroxylation sites is 1. The lowest BCUT2D eigenvalue weighted by Crippen LogP contribution is -2.27. The molecule has 0 saturated carbocycles. The molecule has 2 aromatic carbocycles. The Balaban J connectivity index is 1.98. The predicted molar refractivity (Wildman–Crippen MR) is 95.6 cm³/mol. The molecule has 0 spiro atoms. The van der Waals surface area contributed by atoms with Crippen LogP contribution in [-0.2, 0) is 11.2 Å². The van der Waals surface area contributed by atoms with Crippen molar-refractivity contribution in [2.45, 2.75) is 32.7 Å². The molecule has 128 valence electrons. The van der Waals surface area contributed by atoms with Gasteiger partial charge in [-0.1, -0.05) is 35.9 Å². The number of aryl methyl sites for hydroxylation is 2. The summed E-state index contributed by atoms with van der Waals surface area (Å²) in [5, 5.41) is 3.05. The van der Waals surface area contributed by atoms with Gasteiger partial charge in [0, 0.05) is 12.0 Å². The minimum Gasteiger partial charge on any atom is -0.496 e. The smallest absolute Gasteiger partial charge is 0.220 e. The van der Waals surface area contributed by atoms with E-state index in [-0.39, 0.29) is 11.9 Å². The molecule has 4 nitrogen and oxygen atoms in total. The molecular formula is C20H25NO3. The van der Waals surface area contributed by atoms with Crippen molar-refractivity contribution in [3.8, 4) is 11.5 Å². The first-order valence-corrected chi connectivity index (χ1v) is 8.11. The summed E-state index contributed by atoms with van der Waals surface area (Å²) in [6.45, 7) is 4.00. The molecule has 0 aliphatic heterocycles. The number of benzene rings is 2. The first-order chi connectivity index (χ1) is 11.5. The lowest BCUT2D eigenvalue weighted by molar-refractivity contribution is -0.121. The van der Waals surface area contributed by atoms with Gasteiger partial charge in [-0.25, -0.2) is 0 Å². The summed E-state index contributed by atoms with van der Waals surface area (Å²) >= 11 is 0. The minimum absolute atomic E-state index is 0.0111. The number of hydrogen-bond acceptors (Lipinski definition) is 3. The van der Waals surface area contributed by atoms with Gasteiger partial charge in [-0.3, -0.25) is 4.79 Å². The topological polar surface area (TPSA) is 47.6 Å². The molecule has 0 bridgehead atoms. The van der Waals surface area contributed by atoms with E-state index in [4.69, 9.17) is 9.47 Å². The average Bonchev–Trinajstić information content (AvgIpc) is 2.60. The molecule has 0 heterocycles. The van der Waals surface area contributed by atoms with Crippen molar-refractivity contribution in [3.63, 3.8) is 0 Å². The molecule has 0 fully saturated rings. The van der Waals surface area contributed by atoms with Crippen LogP contribution in [0.15, 0.2) is 42.5 Å². The normalized spacial score (nSPS) is 11.7. The molecule has 1 atom stereocenters. The largest absolute Gasteiger partial charge is 0.496 e. The van der Waals surface area contributed by atoms with Crippen LogP contribution in [0, 0.1) is 6.92 Å². The van der Waals surface area contributed by atoms with Gasteiger partial charge in [0.15, 0.2) is 0 Å². The van der Waals surface area contributed by atoms with Gasteiger partial charge < -0.3 is 14.8 Å². The number of amides is 1. The van der Waals surface area contributed by atoms with Crippen molar-refractivity contribution in [2.24, 2.45) is 0 Å². The van der Waals surface area contributed by atoms with Crippen LogP contribution in [0.4, 0.5) is 0 Å². The Bertz CT molecular complexity index is 697. The highest BCUT2D eigenvalue weighted by Gasteiger charge is 2.14. The monoisotopic (exact) mass is 327 g/mol. The summed E-state index contributed by atoms with van der Waals surface area (Å²) < 4.78 is 10.7. The lowest BCUT2D eigenvalue weighted by Gasteiger charge is -2.18. The van der Waals surface area contributed by atoms with Crippen LogP contribution in [0.3, 0.4) is 0 Å². The van der Waals surface area contributed by atoms with E-state index in [1.807, 2.05) is 56.3 Å². The van der Waals surface area contributed by atoms with Crippen molar-refractivity contribution in [3.05, 3.63) is 59.2 Å². The van der Waals surface area contributed by atoms with Crippen LogP contribution in [0.25, 0.3) is 0 Å². The molecule has 0 aromatic heterocycles. The molecule has 2 rings (SSSR count). The number of carbonyl (C=O) groups is 1. The van der Waals surface area contributed by atoms with E-state index < -0.39 is 0 Å². The summed E-state index contributed by atoms with van der Waals surface area (Å²) in [6.07, 6.45) is 1.06. The Morgan fingerprint density at radius 1 is 1.08 bits per heavy atom. The Labute approximate surface area is 143 Å². The van der Waals surface area contributed by atoms with Gasteiger partial charge in [0.1, 0.15) is 11.5 Å². The molecule has 24 heavy (non-hydrogen) atoms. The molecule has 0 unspecified atom stereocenters. The number of carbonyl (C=O) groups excluding carboxylic acids is 1. The fourth-order valence-electron chi connectivity index (χ4n) is 2.74. The van der Waals surface area contributed by atoms with Crippen molar-refractivity contribution >= 4 is 5.91 Å². The van der Waals surface area contributed by atoms with E-state index in [0.717, 1.165) is 28.2 Å². The summed E-state index contributed by atoms with van der Waals surface area (Å²) in [5.41, 5.74) is 3.17. The number of methoxy groups -OCH3 is 2. The van der Waals surface area contributed by atoms with Crippen molar-refractivity contribution in [2.75, 3.05) is 14.2 Å². The van der Waals surface area contributed by atoms with Crippen LogP contribution >= 0.6 is 0 Å². The average molecular weight is 327 g/mol. The maximum absolute atomic E-state index is 12.3. The lowest BCUT2D eigenvalue weighted by atomic mass is 10.0. The second kappa shape index (κ2) is 8.39. The Kier molecular flexibility index (Phi) is 6.24. The van der Waals surface area contributed by atoms with Gasteiger partial charge >= 0.3 is 0 Å². The first kappa shape index (κ1) is 17.9. The van der Waals surface area contributed by atoms with Gasteiger partial charge in [0.25, 0.3) is 0 Å². The predicted octanol–water partition coefficient (Wildman–Crippen LogP) is 3.82. The number of hydrogen-bond donors (Lipinski definition) is 1.